The van der Waals surface area contributed by atoms with Gasteiger partial charge in [-0.2, -0.15) is 0 Å². The first-order valence-corrected chi connectivity index (χ1v) is 13.9. The normalized spacial score (nSPS) is 22.2. The highest BCUT2D eigenvalue weighted by Crippen LogP contribution is 2.37. The maximum Gasteiger partial charge on any atom is 0.338 e. The van der Waals surface area contributed by atoms with Crippen LogP contribution in [0.4, 0.5) is 5.69 Å². The van der Waals surface area contributed by atoms with Crippen molar-refractivity contribution in [3.63, 3.8) is 0 Å². The molecule has 2 amide bonds. The fourth-order valence-corrected chi connectivity index (χ4v) is 6.50. The van der Waals surface area contributed by atoms with Gasteiger partial charge in [0.25, 0.3) is 5.91 Å². The summed E-state index contributed by atoms with van der Waals surface area (Å²) in [6, 6.07) is 19.6. The minimum atomic E-state index is -0.637. The van der Waals surface area contributed by atoms with Gasteiger partial charge in [0.2, 0.25) is 5.91 Å². The van der Waals surface area contributed by atoms with E-state index < -0.39 is 12.0 Å². The molecule has 3 aromatic rings. The number of esters is 1. The van der Waals surface area contributed by atoms with E-state index in [4.69, 9.17) is 4.74 Å². The summed E-state index contributed by atoms with van der Waals surface area (Å²) in [4.78, 5) is 54.9. The molecule has 0 spiro atoms. The van der Waals surface area contributed by atoms with E-state index in [0.717, 1.165) is 37.1 Å². The number of ether oxygens (including phenoxy) is 1. The van der Waals surface area contributed by atoms with Crippen LogP contribution in [0, 0.1) is 11.8 Å². The summed E-state index contributed by atoms with van der Waals surface area (Å²) >= 11 is 0. The lowest BCUT2D eigenvalue weighted by atomic mass is 9.90. The van der Waals surface area contributed by atoms with Gasteiger partial charge in [-0.15, -0.1) is 0 Å². The van der Waals surface area contributed by atoms with Gasteiger partial charge in [0, 0.05) is 18.7 Å². The van der Waals surface area contributed by atoms with Crippen LogP contribution < -0.4 is 4.90 Å². The molecule has 2 fully saturated rings. The summed E-state index contributed by atoms with van der Waals surface area (Å²) in [6.45, 7) is 5.61. The molecule has 2 heterocycles. The van der Waals surface area contributed by atoms with Crippen molar-refractivity contribution in [3.05, 3.63) is 89.0 Å². The van der Waals surface area contributed by atoms with Crippen molar-refractivity contribution >= 4 is 29.3 Å². The van der Waals surface area contributed by atoms with Crippen molar-refractivity contribution in [1.29, 1.82) is 0 Å². The minimum Gasteiger partial charge on any atom is -0.454 e. The zero-order valence-electron chi connectivity index (χ0n) is 22.8. The number of carbonyl (C=O) groups excluding carboxylic acids is 4. The van der Waals surface area contributed by atoms with Crippen molar-refractivity contribution in [2.24, 2.45) is 11.8 Å². The molecule has 40 heavy (non-hydrogen) atoms. The lowest BCUT2D eigenvalue weighted by molar-refractivity contribution is -0.123. The number of fused-ring (bicyclic) bond motifs is 3. The lowest BCUT2D eigenvalue weighted by Gasteiger charge is -2.37. The Kier molecular flexibility index (Phi) is 6.84. The summed E-state index contributed by atoms with van der Waals surface area (Å²) in [7, 11) is 0. The number of benzene rings is 3. The molecule has 3 aliphatic rings. The molecular weight excluding hydrogens is 504 g/mol. The van der Waals surface area contributed by atoms with Crippen LogP contribution in [0.15, 0.2) is 66.7 Å². The number of rotatable bonds is 6. The van der Waals surface area contributed by atoms with E-state index in [2.05, 4.69) is 30.9 Å². The molecule has 0 aromatic heterocycles. The SMILES string of the molecule is CC1CC(C)CN(C2CC(=O)N(c3ccc(C(=O)OCC(=O)c4ccc5c(c4)Cc4ccccc4-5)cc3)C2=O)C1. The van der Waals surface area contributed by atoms with E-state index in [9.17, 15) is 19.2 Å². The van der Waals surface area contributed by atoms with Crippen LogP contribution in [0.1, 0.15) is 58.5 Å². The highest BCUT2D eigenvalue weighted by molar-refractivity contribution is 6.22. The smallest absolute Gasteiger partial charge is 0.338 e. The molecule has 3 aromatic carbocycles. The van der Waals surface area contributed by atoms with Crippen molar-refractivity contribution in [3.8, 4) is 11.1 Å². The Bertz CT molecular complexity index is 1500. The topological polar surface area (TPSA) is 84.0 Å². The maximum atomic E-state index is 13.2. The third kappa shape index (κ3) is 4.86. The van der Waals surface area contributed by atoms with Crippen LogP contribution in [0.2, 0.25) is 0 Å². The Hall–Kier alpha value is -4.10. The fourth-order valence-electron chi connectivity index (χ4n) is 6.50. The second kappa shape index (κ2) is 10.5. The number of hydrogen-bond acceptors (Lipinski definition) is 6. The molecule has 2 aliphatic heterocycles. The predicted octanol–water partition coefficient (Wildman–Crippen LogP) is 4.91. The van der Waals surface area contributed by atoms with Gasteiger partial charge in [-0.05, 0) is 77.3 Å². The van der Waals surface area contributed by atoms with E-state index >= 15 is 0 Å². The number of ketones is 1. The lowest BCUT2D eigenvalue weighted by Crippen LogP contribution is -2.48. The number of likely N-dealkylation sites (tertiary alicyclic amines) is 1. The van der Waals surface area contributed by atoms with E-state index in [-0.39, 0.29) is 36.2 Å². The van der Waals surface area contributed by atoms with Gasteiger partial charge in [-0.25, -0.2) is 9.69 Å². The molecular formula is C33H32N2O5. The minimum absolute atomic E-state index is 0.166. The van der Waals surface area contributed by atoms with E-state index in [1.54, 1.807) is 18.2 Å². The number of imide groups is 1. The Morgan fingerprint density at radius 1 is 0.850 bits per heavy atom. The number of amides is 2. The number of anilines is 1. The Labute approximate surface area is 233 Å². The number of nitrogens with zero attached hydrogens (tertiary/aromatic N) is 2. The second-order valence-corrected chi connectivity index (χ2v) is 11.4. The average molecular weight is 537 g/mol. The van der Waals surface area contributed by atoms with Gasteiger partial charge >= 0.3 is 5.97 Å². The molecule has 6 rings (SSSR count). The first-order valence-electron chi connectivity index (χ1n) is 13.9. The van der Waals surface area contributed by atoms with Gasteiger partial charge in [0.05, 0.1) is 23.7 Å². The molecule has 204 valence electrons. The molecule has 0 bridgehead atoms. The monoisotopic (exact) mass is 536 g/mol. The first-order chi connectivity index (χ1) is 19.3. The van der Waals surface area contributed by atoms with Crippen LogP contribution >= 0.6 is 0 Å². The summed E-state index contributed by atoms with van der Waals surface area (Å²) in [5.41, 5.74) is 5.83. The van der Waals surface area contributed by atoms with Gasteiger partial charge in [-0.3, -0.25) is 19.3 Å². The molecule has 0 N–H and O–H groups in total. The Morgan fingerprint density at radius 2 is 1.52 bits per heavy atom. The van der Waals surface area contributed by atoms with Crippen LogP contribution in [0.25, 0.3) is 11.1 Å². The van der Waals surface area contributed by atoms with Gasteiger partial charge in [0.15, 0.2) is 12.4 Å². The van der Waals surface area contributed by atoms with Crippen LogP contribution in [0.3, 0.4) is 0 Å². The van der Waals surface area contributed by atoms with Crippen LogP contribution in [-0.2, 0) is 20.7 Å². The van der Waals surface area contributed by atoms with Crippen molar-refractivity contribution in [1.82, 2.24) is 4.90 Å². The molecule has 1 aliphatic carbocycles. The van der Waals surface area contributed by atoms with Gasteiger partial charge in [-0.1, -0.05) is 50.2 Å². The first kappa shape index (κ1) is 26.1. The standard InChI is InChI=1S/C33H32N2O5/c1-20-13-21(2)18-34(17-20)29-16-31(37)35(32(29)38)26-10-7-22(8-11-26)33(39)40-19-30(36)24-9-12-28-25(15-24)14-23-5-3-4-6-27(23)28/h3-12,15,20-21,29H,13-14,16-19H2,1-2H3. The summed E-state index contributed by atoms with van der Waals surface area (Å²) in [5, 5.41) is 0. The summed E-state index contributed by atoms with van der Waals surface area (Å²) in [5.74, 6) is -0.398. The number of Topliss-reactive ketones (excluding diaryl/α,β-unsaturated/α-hetero) is 1. The largest absolute Gasteiger partial charge is 0.454 e. The van der Waals surface area contributed by atoms with Gasteiger partial charge in [0.1, 0.15) is 0 Å². The zero-order valence-corrected chi connectivity index (χ0v) is 22.8. The van der Waals surface area contributed by atoms with E-state index in [0.29, 0.717) is 23.1 Å². The van der Waals surface area contributed by atoms with Crippen LogP contribution in [-0.4, -0.2) is 54.2 Å². The van der Waals surface area contributed by atoms with Crippen molar-refractivity contribution in [2.45, 2.75) is 39.2 Å². The molecule has 0 saturated carbocycles. The summed E-state index contributed by atoms with van der Waals surface area (Å²) < 4.78 is 5.31. The van der Waals surface area contributed by atoms with Crippen molar-refractivity contribution < 1.29 is 23.9 Å². The molecule has 3 atom stereocenters. The molecule has 2 saturated heterocycles. The Morgan fingerprint density at radius 3 is 2.27 bits per heavy atom. The maximum absolute atomic E-state index is 13.2. The number of piperidine rings is 1. The van der Waals surface area contributed by atoms with E-state index in [1.807, 2.05) is 24.3 Å². The predicted molar refractivity (Wildman–Crippen MR) is 151 cm³/mol. The highest BCUT2D eigenvalue weighted by atomic mass is 16.5. The van der Waals surface area contributed by atoms with E-state index in [1.165, 1.54) is 28.2 Å². The third-order valence-corrected chi connectivity index (χ3v) is 8.27. The fraction of sp³-hybridized carbons (Fsp3) is 0.333. The third-order valence-electron chi connectivity index (χ3n) is 8.27. The van der Waals surface area contributed by atoms with Crippen molar-refractivity contribution in [2.75, 3.05) is 24.6 Å². The summed E-state index contributed by atoms with van der Waals surface area (Å²) in [6.07, 6.45) is 2.07. The second-order valence-electron chi connectivity index (χ2n) is 11.4. The highest BCUT2D eigenvalue weighted by Gasteiger charge is 2.44. The molecule has 7 heteroatoms. The number of carbonyl (C=O) groups is 4. The Balaban J connectivity index is 1.07. The van der Waals surface area contributed by atoms with Gasteiger partial charge < -0.3 is 4.74 Å². The average Bonchev–Trinajstić information content (AvgIpc) is 3.46. The van der Waals surface area contributed by atoms with Crippen LogP contribution in [0.5, 0.6) is 0 Å². The number of hydrogen-bond donors (Lipinski definition) is 0. The zero-order chi connectivity index (χ0) is 28.0. The molecule has 3 unspecified atom stereocenters. The molecule has 0 radical (unpaired) electrons. The quantitative estimate of drug-likeness (QED) is 0.198. The molecule has 7 nitrogen and oxygen atoms in total.